The standard InChI is InChI=1S/C17H16ClFN2O2.C2H2O4/c18-14-8-17(12(9-20)7-15(14)19)23-16(11-4-6-22-10-11)3-5-21-13-1-2-13;3-1(4)2(5)6/h4,6-8,10,13,16,21H,1-3,5H2;(H,3,4)(H,5,6)/t16-;/m1./s1. The van der Waals surface area contributed by atoms with Crippen LogP contribution in [-0.4, -0.2) is 34.7 Å². The van der Waals surface area contributed by atoms with Crippen molar-refractivity contribution in [3.63, 3.8) is 0 Å². The number of carbonyl (C=O) groups is 2. The Morgan fingerprint density at radius 2 is 2.07 bits per heavy atom. The highest BCUT2D eigenvalue weighted by atomic mass is 35.5. The van der Waals surface area contributed by atoms with Crippen molar-refractivity contribution >= 4 is 23.5 Å². The number of hydrogen-bond donors (Lipinski definition) is 3. The molecule has 10 heteroatoms. The van der Waals surface area contributed by atoms with E-state index < -0.39 is 17.8 Å². The summed E-state index contributed by atoms with van der Waals surface area (Å²) in [6.45, 7) is 0.789. The molecule has 0 radical (unpaired) electrons. The smallest absolute Gasteiger partial charge is 0.414 e. The number of hydrogen-bond acceptors (Lipinski definition) is 6. The molecular weight excluding hydrogens is 407 g/mol. The number of ether oxygens (including phenoxy) is 1. The number of aliphatic carboxylic acids is 2. The van der Waals surface area contributed by atoms with Gasteiger partial charge in [0.15, 0.2) is 0 Å². The lowest BCUT2D eigenvalue weighted by Crippen LogP contribution is -2.21. The Kier molecular flexibility index (Phi) is 8.00. The Hall–Kier alpha value is -3.09. The van der Waals surface area contributed by atoms with E-state index in [9.17, 15) is 4.39 Å². The van der Waals surface area contributed by atoms with Crippen LogP contribution in [0.15, 0.2) is 35.1 Å². The van der Waals surface area contributed by atoms with Crippen molar-refractivity contribution in [1.82, 2.24) is 5.32 Å². The summed E-state index contributed by atoms with van der Waals surface area (Å²) < 4.78 is 24.6. The molecule has 1 heterocycles. The molecular formula is C19H18ClFN2O6. The number of carboxylic acid groups (broad SMARTS) is 2. The lowest BCUT2D eigenvalue weighted by molar-refractivity contribution is -0.159. The van der Waals surface area contributed by atoms with Gasteiger partial charge in [0.25, 0.3) is 0 Å². The van der Waals surface area contributed by atoms with Crippen LogP contribution in [0.3, 0.4) is 0 Å². The van der Waals surface area contributed by atoms with E-state index in [1.54, 1.807) is 12.5 Å². The van der Waals surface area contributed by atoms with E-state index in [-0.39, 0.29) is 22.4 Å². The second kappa shape index (κ2) is 10.5. The Bertz CT molecular complexity index is 881. The van der Waals surface area contributed by atoms with Crippen LogP contribution < -0.4 is 10.1 Å². The predicted octanol–water partition coefficient (Wildman–Crippen LogP) is 3.36. The molecule has 0 aliphatic heterocycles. The zero-order valence-corrected chi connectivity index (χ0v) is 15.9. The first kappa shape index (κ1) is 22.2. The second-order valence-electron chi connectivity index (χ2n) is 6.16. The number of furan rings is 1. The molecule has 154 valence electrons. The third-order valence-corrected chi connectivity index (χ3v) is 4.22. The Morgan fingerprint density at radius 1 is 1.38 bits per heavy atom. The van der Waals surface area contributed by atoms with Gasteiger partial charge in [-0.2, -0.15) is 5.26 Å². The van der Waals surface area contributed by atoms with Gasteiger partial charge in [0, 0.05) is 24.1 Å². The molecule has 3 N–H and O–H groups in total. The van der Waals surface area contributed by atoms with Gasteiger partial charge < -0.3 is 24.7 Å². The molecule has 1 aliphatic rings. The fourth-order valence-electron chi connectivity index (χ4n) is 2.32. The molecule has 1 atom stereocenters. The van der Waals surface area contributed by atoms with Crippen molar-refractivity contribution in [1.29, 1.82) is 5.26 Å². The average Bonchev–Trinajstić information content (AvgIpc) is 3.34. The van der Waals surface area contributed by atoms with Gasteiger partial charge >= 0.3 is 11.9 Å². The molecule has 1 saturated carbocycles. The Morgan fingerprint density at radius 3 is 2.59 bits per heavy atom. The van der Waals surface area contributed by atoms with Gasteiger partial charge in [-0.3, -0.25) is 0 Å². The summed E-state index contributed by atoms with van der Waals surface area (Å²) in [7, 11) is 0. The number of nitrogens with zero attached hydrogens (tertiary/aromatic N) is 1. The fraction of sp³-hybridized carbons (Fsp3) is 0.316. The van der Waals surface area contributed by atoms with Crippen LogP contribution in [-0.2, 0) is 9.59 Å². The second-order valence-corrected chi connectivity index (χ2v) is 6.57. The van der Waals surface area contributed by atoms with Gasteiger partial charge in [0.2, 0.25) is 0 Å². The topological polar surface area (TPSA) is 133 Å². The van der Waals surface area contributed by atoms with Crippen LogP contribution in [0.5, 0.6) is 5.75 Å². The van der Waals surface area contributed by atoms with Crippen LogP contribution in [0.2, 0.25) is 5.02 Å². The normalized spacial score (nSPS) is 13.6. The van der Waals surface area contributed by atoms with Crippen molar-refractivity contribution < 1.29 is 33.3 Å². The van der Waals surface area contributed by atoms with Crippen LogP contribution in [0, 0.1) is 17.1 Å². The highest BCUT2D eigenvalue weighted by Crippen LogP contribution is 2.31. The van der Waals surface area contributed by atoms with Crippen LogP contribution >= 0.6 is 11.6 Å². The number of benzene rings is 1. The van der Waals surface area contributed by atoms with Crippen molar-refractivity contribution in [3.8, 4) is 11.8 Å². The molecule has 8 nitrogen and oxygen atoms in total. The molecule has 3 rings (SSSR count). The van der Waals surface area contributed by atoms with Gasteiger partial charge in [0.05, 0.1) is 23.1 Å². The van der Waals surface area contributed by atoms with E-state index >= 15 is 0 Å². The molecule has 1 aromatic carbocycles. The minimum absolute atomic E-state index is 0.0685. The van der Waals surface area contributed by atoms with Gasteiger partial charge in [-0.25, -0.2) is 14.0 Å². The summed E-state index contributed by atoms with van der Waals surface area (Å²) in [5.74, 6) is -4.01. The summed E-state index contributed by atoms with van der Waals surface area (Å²) in [5.41, 5.74) is 0.988. The summed E-state index contributed by atoms with van der Waals surface area (Å²) in [6, 6.07) is 6.79. The van der Waals surface area contributed by atoms with Crippen LogP contribution in [0.1, 0.15) is 36.5 Å². The number of halogens is 2. The lowest BCUT2D eigenvalue weighted by atomic mass is 10.1. The average molecular weight is 425 g/mol. The largest absolute Gasteiger partial charge is 0.484 e. The number of nitrogens with one attached hydrogen (secondary N) is 1. The van der Waals surface area contributed by atoms with Crippen molar-refractivity contribution in [3.05, 3.63) is 52.7 Å². The highest BCUT2D eigenvalue weighted by molar-refractivity contribution is 6.30. The maximum absolute atomic E-state index is 13.5. The summed E-state index contributed by atoms with van der Waals surface area (Å²) in [6.07, 6.45) is 6.01. The highest BCUT2D eigenvalue weighted by Gasteiger charge is 2.22. The molecule has 1 aromatic heterocycles. The van der Waals surface area contributed by atoms with Crippen LogP contribution in [0.25, 0.3) is 0 Å². The minimum Gasteiger partial charge on any atom is -0.484 e. The fourth-order valence-corrected chi connectivity index (χ4v) is 2.48. The molecule has 0 unspecified atom stereocenters. The molecule has 1 fully saturated rings. The minimum atomic E-state index is -1.82. The zero-order chi connectivity index (χ0) is 21.4. The Balaban J connectivity index is 0.000000438. The van der Waals surface area contributed by atoms with E-state index in [1.807, 2.05) is 12.1 Å². The van der Waals surface area contributed by atoms with E-state index in [2.05, 4.69) is 5.32 Å². The molecule has 0 spiro atoms. The first-order valence-corrected chi connectivity index (χ1v) is 8.97. The van der Waals surface area contributed by atoms with E-state index in [1.165, 1.54) is 18.9 Å². The predicted molar refractivity (Wildman–Crippen MR) is 99.1 cm³/mol. The van der Waals surface area contributed by atoms with E-state index in [4.69, 9.17) is 45.8 Å². The third kappa shape index (κ3) is 7.10. The number of rotatable bonds is 7. The third-order valence-electron chi connectivity index (χ3n) is 3.93. The summed E-state index contributed by atoms with van der Waals surface area (Å²) in [4.78, 5) is 18.2. The molecule has 0 bridgehead atoms. The number of nitriles is 1. The van der Waals surface area contributed by atoms with Gasteiger partial charge in [-0.1, -0.05) is 11.6 Å². The maximum Gasteiger partial charge on any atom is 0.414 e. The molecule has 1 aliphatic carbocycles. The van der Waals surface area contributed by atoms with Crippen molar-refractivity contribution in [2.45, 2.75) is 31.4 Å². The van der Waals surface area contributed by atoms with Gasteiger partial charge in [0.1, 0.15) is 23.7 Å². The molecule has 0 amide bonds. The molecule has 29 heavy (non-hydrogen) atoms. The summed E-state index contributed by atoms with van der Waals surface area (Å²) >= 11 is 5.81. The molecule has 2 aromatic rings. The first-order valence-electron chi connectivity index (χ1n) is 8.59. The quantitative estimate of drug-likeness (QED) is 0.576. The van der Waals surface area contributed by atoms with E-state index in [0.29, 0.717) is 12.5 Å². The summed E-state index contributed by atoms with van der Waals surface area (Å²) in [5, 5.41) is 27.3. The van der Waals surface area contributed by atoms with Crippen LogP contribution in [0.4, 0.5) is 4.39 Å². The SMILES string of the molecule is N#Cc1cc(F)c(Cl)cc1O[C@H](CCNC1CC1)c1ccoc1.O=C(O)C(=O)O. The van der Waals surface area contributed by atoms with Crippen molar-refractivity contribution in [2.75, 3.05) is 6.54 Å². The maximum atomic E-state index is 13.5. The van der Waals surface area contributed by atoms with E-state index in [0.717, 1.165) is 18.2 Å². The number of carboxylic acids is 2. The van der Waals surface area contributed by atoms with Crippen molar-refractivity contribution in [2.24, 2.45) is 0 Å². The van der Waals surface area contributed by atoms with Gasteiger partial charge in [-0.05, 0) is 31.5 Å². The Labute approximate surface area is 170 Å². The molecule has 0 saturated heterocycles. The van der Waals surface area contributed by atoms with Gasteiger partial charge in [-0.15, -0.1) is 0 Å². The zero-order valence-electron chi connectivity index (χ0n) is 15.1. The first-order chi connectivity index (χ1) is 13.8. The lowest BCUT2D eigenvalue weighted by Gasteiger charge is -2.19. The monoisotopic (exact) mass is 424 g/mol.